The first kappa shape index (κ1) is 13.1. The van der Waals surface area contributed by atoms with E-state index in [1.165, 1.54) is 17.0 Å². The Morgan fingerprint density at radius 1 is 1.35 bits per heavy atom. The van der Waals surface area contributed by atoms with E-state index in [-0.39, 0.29) is 36.5 Å². The van der Waals surface area contributed by atoms with E-state index in [4.69, 9.17) is 0 Å². The number of carbonyl (C=O) groups excluding carboxylic acids is 2. The molecule has 0 spiro atoms. The van der Waals surface area contributed by atoms with Crippen molar-refractivity contribution in [1.29, 1.82) is 0 Å². The Balaban J connectivity index is 1.97. The lowest BCUT2D eigenvalue weighted by molar-refractivity contribution is -0.130. The van der Waals surface area contributed by atoms with Crippen LogP contribution in [0.1, 0.15) is 26.2 Å². The minimum absolute atomic E-state index is 0.119. The normalized spacial score (nSPS) is 27.2. The lowest BCUT2D eigenvalue weighted by atomic mass is 9.94. The quantitative estimate of drug-likeness (QED) is 0.896. The number of benzene rings is 1. The maximum atomic E-state index is 13.4. The predicted octanol–water partition coefficient (Wildman–Crippen LogP) is 1.85. The fourth-order valence-corrected chi connectivity index (χ4v) is 2.83. The summed E-state index contributed by atoms with van der Waals surface area (Å²) in [4.78, 5) is 26.2. The van der Waals surface area contributed by atoms with Gasteiger partial charge >= 0.3 is 0 Å². The Bertz CT molecular complexity index is 571. The molecule has 1 aliphatic heterocycles. The van der Waals surface area contributed by atoms with Crippen molar-refractivity contribution in [3.63, 3.8) is 0 Å². The summed E-state index contributed by atoms with van der Waals surface area (Å²) in [5, 5.41) is 2.86. The summed E-state index contributed by atoms with van der Waals surface area (Å²) in [7, 11) is 0. The Hall–Kier alpha value is -1.91. The molecule has 0 radical (unpaired) electrons. The Morgan fingerprint density at radius 2 is 2.10 bits per heavy atom. The molecule has 4 nitrogen and oxygen atoms in total. The summed E-state index contributed by atoms with van der Waals surface area (Å²) >= 11 is 0. The van der Waals surface area contributed by atoms with Gasteiger partial charge in [0.1, 0.15) is 11.4 Å². The van der Waals surface area contributed by atoms with Gasteiger partial charge in [-0.25, -0.2) is 4.39 Å². The molecule has 1 unspecified atom stereocenters. The van der Waals surface area contributed by atoms with E-state index >= 15 is 0 Å². The molecule has 1 saturated carbocycles. The zero-order valence-corrected chi connectivity index (χ0v) is 11.4. The monoisotopic (exact) mass is 276 g/mol. The standard InChI is InChI=1S/C15H17FN2O2/c1-15(10-5-6-10)14(20)18(8-7-13(19)17-15)12-4-2-3-11(16)9-12/h2-4,9-10H,5-8H2,1H3,(H,17,19). The number of nitrogens with one attached hydrogen (secondary N) is 1. The summed E-state index contributed by atoms with van der Waals surface area (Å²) < 4.78 is 13.4. The Labute approximate surface area is 117 Å². The van der Waals surface area contributed by atoms with Gasteiger partial charge in [-0.2, -0.15) is 0 Å². The highest BCUT2D eigenvalue weighted by Gasteiger charge is 2.51. The molecule has 0 bridgehead atoms. The third-order valence-corrected chi connectivity index (χ3v) is 4.16. The van der Waals surface area contributed by atoms with Crippen LogP contribution in [-0.4, -0.2) is 23.9 Å². The van der Waals surface area contributed by atoms with E-state index in [2.05, 4.69) is 5.32 Å². The molecule has 1 aromatic carbocycles. The van der Waals surface area contributed by atoms with Crippen molar-refractivity contribution in [2.24, 2.45) is 5.92 Å². The number of anilines is 1. The first-order valence-corrected chi connectivity index (χ1v) is 6.89. The molecule has 20 heavy (non-hydrogen) atoms. The molecule has 0 aromatic heterocycles. The van der Waals surface area contributed by atoms with Gasteiger partial charge < -0.3 is 10.2 Å². The average Bonchev–Trinajstić information content (AvgIpc) is 3.22. The number of carbonyl (C=O) groups is 2. The van der Waals surface area contributed by atoms with E-state index in [0.717, 1.165) is 12.8 Å². The lowest BCUT2D eigenvalue weighted by Crippen LogP contribution is -2.56. The zero-order valence-electron chi connectivity index (χ0n) is 11.4. The Kier molecular flexibility index (Phi) is 3.00. The van der Waals surface area contributed by atoms with Crippen LogP contribution in [0.25, 0.3) is 0 Å². The van der Waals surface area contributed by atoms with Gasteiger partial charge in [0.2, 0.25) is 5.91 Å². The predicted molar refractivity (Wildman–Crippen MR) is 72.6 cm³/mol. The average molecular weight is 276 g/mol. The third kappa shape index (κ3) is 2.17. The number of amides is 2. The molecule has 1 atom stereocenters. The maximum absolute atomic E-state index is 13.4. The molecule has 3 rings (SSSR count). The molecule has 106 valence electrons. The number of hydrogen-bond donors (Lipinski definition) is 1. The van der Waals surface area contributed by atoms with Gasteiger partial charge in [-0.05, 0) is 43.9 Å². The highest BCUT2D eigenvalue weighted by molar-refractivity contribution is 6.04. The van der Waals surface area contributed by atoms with Crippen LogP contribution in [0.5, 0.6) is 0 Å². The van der Waals surface area contributed by atoms with Crippen LogP contribution >= 0.6 is 0 Å². The van der Waals surface area contributed by atoms with Gasteiger partial charge in [-0.3, -0.25) is 9.59 Å². The molecule has 5 heteroatoms. The summed E-state index contributed by atoms with van der Waals surface area (Å²) in [5.74, 6) is -0.455. The van der Waals surface area contributed by atoms with E-state index in [1.807, 2.05) is 0 Å². The molecule has 2 aliphatic rings. The SMILES string of the molecule is CC1(C2CC2)NC(=O)CCN(c2cccc(F)c2)C1=O. The van der Waals surface area contributed by atoms with Gasteiger partial charge in [0, 0.05) is 18.7 Å². The second-order valence-electron chi connectivity index (χ2n) is 5.71. The van der Waals surface area contributed by atoms with Crippen molar-refractivity contribution in [3.05, 3.63) is 30.1 Å². The van der Waals surface area contributed by atoms with Gasteiger partial charge in [-0.1, -0.05) is 6.07 Å². The van der Waals surface area contributed by atoms with Crippen molar-refractivity contribution in [3.8, 4) is 0 Å². The van der Waals surface area contributed by atoms with Gasteiger partial charge in [0.25, 0.3) is 5.91 Å². The number of nitrogens with zero attached hydrogens (tertiary/aromatic N) is 1. The summed E-state index contributed by atoms with van der Waals surface area (Å²) in [6, 6.07) is 5.95. The number of hydrogen-bond acceptors (Lipinski definition) is 2. The molecule has 2 fully saturated rings. The summed E-state index contributed by atoms with van der Waals surface area (Å²) in [5.41, 5.74) is -0.349. The molecule has 2 amide bonds. The maximum Gasteiger partial charge on any atom is 0.252 e. The summed E-state index contributed by atoms with van der Waals surface area (Å²) in [6.45, 7) is 2.07. The van der Waals surface area contributed by atoms with E-state index in [1.54, 1.807) is 19.1 Å². The van der Waals surface area contributed by atoms with Crippen LogP contribution in [-0.2, 0) is 9.59 Å². The molecule has 1 saturated heterocycles. The highest BCUT2D eigenvalue weighted by Crippen LogP contribution is 2.41. The first-order valence-electron chi connectivity index (χ1n) is 6.89. The van der Waals surface area contributed by atoms with Crippen molar-refractivity contribution >= 4 is 17.5 Å². The molecule has 1 N–H and O–H groups in total. The van der Waals surface area contributed by atoms with Gasteiger partial charge in [0.15, 0.2) is 0 Å². The van der Waals surface area contributed by atoms with E-state index < -0.39 is 5.54 Å². The van der Waals surface area contributed by atoms with Crippen molar-refractivity contribution < 1.29 is 14.0 Å². The first-order chi connectivity index (χ1) is 9.50. The minimum Gasteiger partial charge on any atom is -0.342 e. The fourth-order valence-electron chi connectivity index (χ4n) is 2.83. The third-order valence-electron chi connectivity index (χ3n) is 4.16. The largest absolute Gasteiger partial charge is 0.342 e. The highest BCUT2D eigenvalue weighted by atomic mass is 19.1. The molecule has 1 aliphatic carbocycles. The van der Waals surface area contributed by atoms with Crippen LogP contribution in [0.15, 0.2) is 24.3 Å². The fraction of sp³-hybridized carbons (Fsp3) is 0.467. The second kappa shape index (κ2) is 4.58. The van der Waals surface area contributed by atoms with E-state index in [9.17, 15) is 14.0 Å². The Morgan fingerprint density at radius 3 is 2.75 bits per heavy atom. The molecule has 1 aromatic rings. The minimum atomic E-state index is -0.861. The molecular formula is C15H17FN2O2. The van der Waals surface area contributed by atoms with E-state index in [0.29, 0.717) is 5.69 Å². The smallest absolute Gasteiger partial charge is 0.252 e. The lowest BCUT2D eigenvalue weighted by Gasteiger charge is -2.32. The van der Waals surface area contributed by atoms with Crippen LogP contribution in [0, 0.1) is 11.7 Å². The van der Waals surface area contributed by atoms with Crippen LogP contribution in [0.2, 0.25) is 0 Å². The number of halogens is 1. The van der Waals surface area contributed by atoms with Crippen molar-refractivity contribution in [2.45, 2.75) is 31.7 Å². The van der Waals surface area contributed by atoms with Crippen LogP contribution < -0.4 is 10.2 Å². The number of rotatable bonds is 2. The summed E-state index contributed by atoms with van der Waals surface area (Å²) in [6.07, 6.45) is 2.13. The topological polar surface area (TPSA) is 49.4 Å². The zero-order chi connectivity index (χ0) is 14.3. The van der Waals surface area contributed by atoms with Crippen LogP contribution in [0.4, 0.5) is 10.1 Å². The second-order valence-corrected chi connectivity index (χ2v) is 5.71. The van der Waals surface area contributed by atoms with Gasteiger partial charge in [-0.15, -0.1) is 0 Å². The molecular weight excluding hydrogens is 259 g/mol. The van der Waals surface area contributed by atoms with Crippen LogP contribution in [0.3, 0.4) is 0 Å². The molecule has 1 heterocycles. The van der Waals surface area contributed by atoms with Crippen molar-refractivity contribution in [2.75, 3.05) is 11.4 Å². The van der Waals surface area contributed by atoms with Gasteiger partial charge in [0.05, 0.1) is 0 Å². The van der Waals surface area contributed by atoms with Crippen molar-refractivity contribution in [1.82, 2.24) is 5.32 Å².